The monoisotopic (exact) mass is 622 g/mol. The van der Waals surface area contributed by atoms with Gasteiger partial charge in [-0.25, -0.2) is 5.26 Å². The number of pyridine rings is 1. The van der Waals surface area contributed by atoms with Crippen LogP contribution in [0.4, 0.5) is 23.0 Å². The van der Waals surface area contributed by atoms with Gasteiger partial charge >= 0.3 is 0 Å². The number of amides is 1. The molecule has 0 fully saturated rings. The third kappa shape index (κ3) is 6.78. The van der Waals surface area contributed by atoms with Gasteiger partial charge in [-0.15, -0.1) is 14.6 Å². The maximum atomic E-state index is 12.5. The predicted molar refractivity (Wildman–Crippen MR) is 136 cm³/mol. The van der Waals surface area contributed by atoms with E-state index in [2.05, 4.69) is 39.9 Å². The standard InChI is InChI=1S/C18H16Cl2N8O9S2/c1-3-28-14(30)11(13(21)29)6(2)12(15(28)31)27-26-8-4-7(22-18-24-16(19)23-17(20)25-18)9(38-37-36-32)5-10(8)39(33,34)35/h4-5,31-32H,3H2,1-2H3,(H2,21,29)(H,33,34,35)(H,22,23,24,25)/b27-26+. The molecule has 2 heterocycles. The lowest BCUT2D eigenvalue weighted by atomic mass is 10.1. The molecular formula is C18H16Cl2N8O9S2. The summed E-state index contributed by atoms with van der Waals surface area (Å²) in [6.45, 7) is 2.70. The second-order valence-corrected chi connectivity index (χ2v) is 9.93. The van der Waals surface area contributed by atoms with Crippen molar-refractivity contribution < 1.29 is 37.5 Å². The maximum absolute atomic E-state index is 12.5. The largest absolute Gasteiger partial charge is 0.493 e. The van der Waals surface area contributed by atoms with Gasteiger partial charge in [0.25, 0.3) is 21.6 Å². The summed E-state index contributed by atoms with van der Waals surface area (Å²) >= 11 is 11.9. The van der Waals surface area contributed by atoms with E-state index in [1.54, 1.807) is 0 Å². The number of nitrogens with one attached hydrogen (secondary N) is 1. The zero-order valence-electron chi connectivity index (χ0n) is 19.5. The Morgan fingerprint density at radius 3 is 2.41 bits per heavy atom. The van der Waals surface area contributed by atoms with Crippen molar-refractivity contribution in [2.75, 3.05) is 5.32 Å². The fraction of sp³-hybridized carbons (Fsp3) is 0.167. The molecule has 0 unspecified atom stereocenters. The second-order valence-electron chi connectivity index (χ2n) is 7.13. The summed E-state index contributed by atoms with van der Waals surface area (Å²) in [6.07, 6.45) is 0. The molecule has 3 rings (SSSR count). The van der Waals surface area contributed by atoms with Gasteiger partial charge in [0.15, 0.2) is 0 Å². The topological polar surface area (TPSA) is 254 Å². The molecule has 208 valence electrons. The number of hydrogen-bond acceptors (Lipinski definition) is 15. The lowest BCUT2D eigenvalue weighted by molar-refractivity contribution is -0.432. The third-order valence-corrected chi connectivity index (χ3v) is 6.66. The average Bonchev–Trinajstić information content (AvgIpc) is 2.82. The molecule has 3 aromatic rings. The summed E-state index contributed by atoms with van der Waals surface area (Å²) in [4.78, 5) is 34.7. The van der Waals surface area contributed by atoms with Gasteiger partial charge in [0.2, 0.25) is 22.4 Å². The van der Waals surface area contributed by atoms with Crippen molar-refractivity contribution in [2.24, 2.45) is 16.0 Å². The first kappa shape index (κ1) is 30.1. The van der Waals surface area contributed by atoms with E-state index < -0.39 is 43.6 Å². The van der Waals surface area contributed by atoms with Crippen LogP contribution in [0.3, 0.4) is 0 Å². The number of rotatable bonds is 10. The minimum absolute atomic E-state index is 0.0611. The van der Waals surface area contributed by atoms with Gasteiger partial charge < -0.3 is 16.2 Å². The quantitative estimate of drug-likeness (QED) is 0.0714. The Bertz CT molecular complexity index is 1630. The molecule has 0 spiro atoms. The van der Waals surface area contributed by atoms with Crippen LogP contribution in [0.25, 0.3) is 0 Å². The van der Waals surface area contributed by atoms with Crippen LogP contribution in [-0.4, -0.2) is 48.8 Å². The Hall–Kier alpha value is -3.43. The van der Waals surface area contributed by atoms with Gasteiger partial charge in [0.1, 0.15) is 21.8 Å². The fourth-order valence-electron chi connectivity index (χ4n) is 3.17. The minimum atomic E-state index is -4.98. The highest BCUT2D eigenvalue weighted by molar-refractivity contribution is 7.94. The smallest absolute Gasteiger partial charge is 0.296 e. The predicted octanol–water partition coefficient (Wildman–Crippen LogP) is 3.31. The van der Waals surface area contributed by atoms with Crippen molar-refractivity contribution in [1.29, 1.82) is 0 Å². The molecular weight excluding hydrogens is 607 g/mol. The Morgan fingerprint density at radius 2 is 1.87 bits per heavy atom. The number of carbonyl (C=O) groups excluding carboxylic acids is 1. The summed E-state index contributed by atoms with van der Waals surface area (Å²) in [5.41, 5.74) is 2.87. The number of azo groups is 1. The number of aromatic hydroxyl groups is 1. The number of halogens is 2. The van der Waals surface area contributed by atoms with E-state index in [0.29, 0.717) is 12.0 Å². The van der Waals surface area contributed by atoms with Crippen LogP contribution in [0, 0.1) is 6.92 Å². The second kappa shape index (κ2) is 12.2. The van der Waals surface area contributed by atoms with Gasteiger partial charge in [-0.3, -0.25) is 18.7 Å². The Kier molecular flexibility index (Phi) is 9.40. The molecule has 0 aliphatic carbocycles. The van der Waals surface area contributed by atoms with Gasteiger partial charge in [-0.05, 0) is 49.2 Å². The number of nitrogens with zero attached hydrogens (tertiary/aromatic N) is 6. The molecule has 0 bridgehead atoms. The molecule has 1 aromatic carbocycles. The Balaban J connectivity index is 2.26. The highest BCUT2D eigenvalue weighted by Gasteiger charge is 2.24. The van der Waals surface area contributed by atoms with Gasteiger partial charge in [-0.2, -0.15) is 23.4 Å². The van der Waals surface area contributed by atoms with E-state index in [1.165, 1.54) is 13.8 Å². The summed E-state index contributed by atoms with van der Waals surface area (Å²) in [5, 5.41) is 32.4. The highest BCUT2D eigenvalue weighted by atomic mass is 35.5. The van der Waals surface area contributed by atoms with Crippen molar-refractivity contribution in [3.8, 4) is 5.88 Å². The molecule has 0 atom stereocenters. The minimum Gasteiger partial charge on any atom is -0.493 e. The summed E-state index contributed by atoms with van der Waals surface area (Å²) in [7, 11) is -4.98. The average molecular weight is 623 g/mol. The number of aromatic nitrogens is 4. The van der Waals surface area contributed by atoms with E-state index in [1.807, 2.05) is 0 Å². The van der Waals surface area contributed by atoms with Crippen molar-refractivity contribution in [3.05, 3.63) is 44.2 Å². The normalized spacial score (nSPS) is 11.7. The number of primary amides is 1. The number of carbonyl (C=O) groups is 1. The van der Waals surface area contributed by atoms with E-state index >= 15 is 0 Å². The molecule has 21 heteroatoms. The highest BCUT2D eigenvalue weighted by Crippen LogP contribution is 2.40. The zero-order valence-corrected chi connectivity index (χ0v) is 22.6. The summed E-state index contributed by atoms with van der Waals surface area (Å²) in [6, 6.07) is 1.88. The van der Waals surface area contributed by atoms with Crippen molar-refractivity contribution in [2.45, 2.75) is 30.2 Å². The van der Waals surface area contributed by atoms with E-state index in [9.17, 15) is 27.7 Å². The van der Waals surface area contributed by atoms with E-state index in [0.717, 1.165) is 16.7 Å². The first-order valence-corrected chi connectivity index (χ1v) is 13.0. The third-order valence-electron chi connectivity index (χ3n) is 4.80. The zero-order chi connectivity index (χ0) is 29.1. The Labute approximate surface area is 232 Å². The van der Waals surface area contributed by atoms with Crippen LogP contribution in [0.15, 0.2) is 36.9 Å². The molecule has 0 aliphatic rings. The number of hydrogen-bond donors (Lipinski definition) is 5. The van der Waals surface area contributed by atoms with Crippen LogP contribution < -0.4 is 16.6 Å². The Morgan fingerprint density at radius 1 is 1.23 bits per heavy atom. The molecule has 0 saturated carbocycles. The first-order chi connectivity index (χ1) is 18.3. The van der Waals surface area contributed by atoms with Crippen LogP contribution in [0.5, 0.6) is 5.88 Å². The lowest BCUT2D eigenvalue weighted by Crippen LogP contribution is -2.30. The van der Waals surface area contributed by atoms with Crippen LogP contribution >= 0.6 is 35.2 Å². The fourth-order valence-corrected chi connectivity index (χ4v) is 4.71. The van der Waals surface area contributed by atoms with Crippen LogP contribution in [0.1, 0.15) is 22.8 Å². The van der Waals surface area contributed by atoms with Gasteiger partial charge in [0, 0.05) is 12.1 Å². The molecule has 0 aliphatic heterocycles. The van der Waals surface area contributed by atoms with Crippen LogP contribution in [-0.2, 0) is 26.0 Å². The van der Waals surface area contributed by atoms with Crippen molar-refractivity contribution in [3.63, 3.8) is 0 Å². The van der Waals surface area contributed by atoms with E-state index in [-0.39, 0.29) is 44.9 Å². The maximum Gasteiger partial charge on any atom is 0.296 e. The van der Waals surface area contributed by atoms with Crippen molar-refractivity contribution >= 4 is 74.3 Å². The lowest BCUT2D eigenvalue weighted by Gasteiger charge is -2.14. The first-order valence-electron chi connectivity index (χ1n) is 10.1. The molecule has 39 heavy (non-hydrogen) atoms. The van der Waals surface area contributed by atoms with Crippen molar-refractivity contribution in [1.82, 2.24) is 19.5 Å². The number of anilines is 2. The molecule has 0 saturated heterocycles. The van der Waals surface area contributed by atoms with Gasteiger partial charge in [-0.1, -0.05) is 5.04 Å². The molecule has 1 amide bonds. The molecule has 0 radical (unpaired) electrons. The molecule has 2 aromatic heterocycles. The number of nitrogens with two attached hydrogens (primary N) is 1. The molecule has 17 nitrogen and oxygen atoms in total. The SMILES string of the molecule is CCn1c(O)c(/N=N/c2cc(Nc3nc(Cl)nc(Cl)n3)c(SOOO)cc2S(=O)(=O)O)c(C)c(C(N)=O)c1=O. The summed E-state index contributed by atoms with van der Waals surface area (Å²) in [5.74, 6) is -2.00. The number of benzene rings is 1. The summed E-state index contributed by atoms with van der Waals surface area (Å²) < 4.78 is 39.3. The van der Waals surface area contributed by atoms with E-state index in [4.69, 9.17) is 34.2 Å². The van der Waals surface area contributed by atoms with Crippen LogP contribution in [0.2, 0.25) is 10.6 Å². The van der Waals surface area contributed by atoms with Gasteiger partial charge in [0.05, 0.1) is 22.6 Å². The molecule has 6 N–H and O–H groups in total.